The van der Waals surface area contributed by atoms with Gasteiger partial charge in [-0.3, -0.25) is 0 Å². The summed E-state index contributed by atoms with van der Waals surface area (Å²) < 4.78 is 0. The molecule has 1 spiro atoms. The molecule has 92 valence electrons. The third-order valence-electron chi connectivity index (χ3n) is 6.79. The van der Waals surface area contributed by atoms with Crippen molar-refractivity contribution in [2.75, 3.05) is 0 Å². The molecule has 0 aromatic heterocycles. The standard InChI is InChI=1S/C15H26O/c1-10-5-6-11-13(2,3)12-9-15(10,11)8-7-14(12,4)16/h10-12,16H,5-9H2,1-4H3/t10?,11?,12?,14-,15?/m0/s1. The smallest absolute Gasteiger partial charge is 0.0653 e. The van der Waals surface area contributed by atoms with E-state index in [-0.39, 0.29) is 0 Å². The molecule has 0 saturated heterocycles. The lowest BCUT2D eigenvalue weighted by Gasteiger charge is -2.44. The van der Waals surface area contributed by atoms with E-state index in [0.29, 0.717) is 16.7 Å². The summed E-state index contributed by atoms with van der Waals surface area (Å²) in [5.41, 5.74) is 0.542. The maximum atomic E-state index is 10.6. The Morgan fingerprint density at radius 3 is 2.38 bits per heavy atom. The van der Waals surface area contributed by atoms with Gasteiger partial charge in [-0.25, -0.2) is 0 Å². The number of hydrogen-bond acceptors (Lipinski definition) is 1. The molecule has 1 heteroatoms. The van der Waals surface area contributed by atoms with Gasteiger partial charge in [0.05, 0.1) is 5.60 Å². The third kappa shape index (κ3) is 1.06. The number of aliphatic hydroxyl groups is 1. The molecule has 16 heavy (non-hydrogen) atoms. The van der Waals surface area contributed by atoms with Crippen LogP contribution in [0, 0.1) is 28.6 Å². The van der Waals surface area contributed by atoms with E-state index >= 15 is 0 Å². The zero-order valence-electron chi connectivity index (χ0n) is 11.2. The van der Waals surface area contributed by atoms with Crippen molar-refractivity contribution in [3.63, 3.8) is 0 Å². The topological polar surface area (TPSA) is 20.2 Å². The molecule has 0 amide bonds. The van der Waals surface area contributed by atoms with E-state index < -0.39 is 5.60 Å². The van der Waals surface area contributed by atoms with Crippen molar-refractivity contribution in [1.29, 1.82) is 0 Å². The van der Waals surface area contributed by atoms with Gasteiger partial charge < -0.3 is 5.11 Å². The van der Waals surface area contributed by atoms with Crippen molar-refractivity contribution >= 4 is 0 Å². The van der Waals surface area contributed by atoms with Crippen LogP contribution in [0.3, 0.4) is 0 Å². The normalized spacial score (nSPS) is 58.7. The lowest BCUT2D eigenvalue weighted by molar-refractivity contribution is -0.0717. The van der Waals surface area contributed by atoms with Crippen LogP contribution in [-0.2, 0) is 0 Å². The average molecular weight is 222 g/mol. The summed E-state index contributed by atoms with van der Waals surface area (Å²) in [6.45, 7) is 9.38. The van der Waals surface area contributed by atoms with Crippen LogP contribution in [-0.4, -0.2) is 10.7 Å². The van der Waals surface area contributed by atoms with Crippen molar-refractivity contribution in [1.82, 2.24) is 0 Å². The molecule has 0 aliphatic heterocycles. The molecule has 3 aliphatic carbocycles. The third-order valence-corrected chi connectivity index (χ3v) is 6.79. The van der Waals surface area contributed by atoms with Crippen molar-refractivity contribution in [3.8, 4) is 0 Å². The van der Waals surface area contributed by atoms with E-state index in [1.165, 1.54) is 25.7 Å². The van der Waals surface area contributed by atoms with Crippen LogP contribution in [0.2, 0.25) is 0 Å². The lowest BCUT2D eigenvalue weighted by Crippen LogP contribution is -2.44. The molecule has 0 radical (unpaired) electrons. The molecule has 0 aromatic rings. The van der Waals surface area contributed by atoms with Gasteiger partial charge in [0.15, 0.2) is 0 Å². The zero-order valence-corrected chi connectivity index (χ0v) is 11.2. The van der Waals surface area contributed by atoms with Gasteiger partial charge in [0.2, 0.25) is 0 Å². The Labute approximate surface area is 99.6 Å². The van der Waals surface area contributed by atoms with Gasteiger partial charge in [-0.2, -0.15) is 0 Å². The highest BCUT2D eigenvalue weighted by Gasteiger charge is 2.67. The lowest BCUT2D eigenvalue weighted by atomic mass is 9.64. The molecule has 0 aromatic carbocycles. The highest BCUT2D eigenvalue weighted by atomic mass is 16.3. The second-order valence-corrected chi connectivity index (χ2v) is 7.70. The minimum Gasteiger partial charge on any atom is -0.390 e. The molecule has 3 fully saturated rings. The molecule has 3 saturated carbocycles. The molecular formula is C15H26O. The van der Waals surface area contributed by atoms with Gasteiger partial charge in [-0.05, 0) is 67.6 Å². The second-order valence-electron chi connectivity index (χ2n) is 7.70. The summed E-state index contributed by atoms with van der Waals surface area (Å²) in [6, 6.07) is 0. The monoisotopic (exact) mass is 222 g/mol. The highest BCUT2D eigenvalue weighted by Crippen LogP contribution is 2.73. The molecule has 0 heterocycles. The fraction of sp³-hybridized carbons (Fsp3) is 1.00. The minimum absolute atomic E-state index is 0.352. The summed E-state index contributed by atoms with van der Waals surface area (Å²) in [5.74, 6) is 2.29. The van der Waals surface area contributed by atoms with Crippen LogP contribution < -0.4 is 0 Å². The molecule has 5 atom stereocenters. The van der Waals surface area contributed by atoms with Crippen molar-refractivity contribution < 1.29 is 5.11 Å². The van der Waals surface area contributed by atoms with Crippen molar-refractivity contribution in [3.05, 3.63) is 0 Å². The first-order valence-electron chi connectivity index (χ1n) is 7.03. The van der Waals surface area contributed by atoms with E-state index in [1.807, 2.05) is 0 Å². The predicted molar refractivity (Wildman–Crippen MR) is 66.1 cm³/mol. The number of hydrogen-bond donors (Lipinski definition) is 1. The maximum Gasteiger partial charge on any atom is 0.0653 e. The summed E-state index contributed by atoms with van der Waals surface area (Å²) in [7, 11) is 0. The van der Waals surface area contributed by atoms with E-state index in [1.54, 1.807) is 0 Å². The Balaban J connectivity index is 2.07. The summed E-state index contributed by atoms with van der Waals surface area (Å²) in [6.07, 6.45) is 6.41. The first kappa shape index (κ1) is 11.1. The summed E-state index contributed by atoms with van der Waals surface area (Å²) in [5, 5.41) is 10.6. The number of fused-ring (bicyclic) bond motifs is 1. The average Bonchev–Trinajstić information content (AvgIpc) is 2.58. The Morgan fingerprint density at radius 2 is 1.69 bits per heavy atom. The van der Waals surface area contributed by atoms with Crippen LogP contribution in [0.15, 0.2) is 0 Å². The predicted octanol–water partition coefficient (Wildman–Crippen LogP) is 3.61. The SMILES string of the molecule is CC1CCC2C(C)(C)C3CC12CC[C@]3(C)O. The van der Waals surface area contributed by atoms with Gasteiger partial charge in [0, 0.05) is 0 Å². The van der Waals surface area contributed by atoms with Crippen LogP contribution in [0.25, 0.3) is 0 Å². The first-order valence-corrected chi connectivity index (χ1v) is 7.03. The second kappa shape index (κ2) is 2.85. The Hall–Kier alpha value is -0.0400. The fourth-order valence-corrected chi connectivity index (χ4v) is 5.88. The van der Waals surface area contributed by atoms with Gasteiger partial charge in [-0.1, -0.05) is 20.8 Å². The van der Waals surface area contributed by atoms with Gasteiger partial charge >= 0.3 is 0 Å². The Kier molecular flexibility index (Phi) is 1.98. The van der Waals surface area contributed by atoms with Gasteiger partial charge in [-0.15, -0.1) is 0 Å². The molecule has 3 rings (SSSR count). The molecular weight excluding hydrogens is 196 g/mol. The minimum atomic E-state index is -0.404. The van der Waals surface area contributed by atoms with Crippen LogP contribution in [0.1, 0.15) is 59.8 Å². The van der Waals surface area contributed by atoms with E-state index in [0.717, 1.165) is 18.3 Å². The van der Waals surface area contributed by atoms with Gasteiger partial charge in [0.25, 0.3) is 0 Å². The van der Waals surface area contributed by atoms with Gasteiger partial charge in [0.1, 0.15) is 0 Å². The van der Waals surface area contributed by atoms with Crippen molar-refractivity contribution in [2.45, 2.75) is 65.4 Å². The quantitative estimate of drug-likeness (QED) is 0.664. The zero-order chi connectivity index (χ0) is 11.8. The molecule has 2 bridgehead atoms. The molecule has 1 N–H and O–H groups in total. The number of rotatable bonds is 0. The van der Waals surface area contributed by atoms with E-state index in [9.17, 15) is 5.11 Å². The van der Waals surface area contributed by atoms with Crippen LogP contribution >= 0.6 is 0 Å². The summed E-state index contributed by atoms with van der Waals surface area (Å²) in [4.78, 5) is 0. The molecule has 3 aliphatic rings. The van der Waals surface area contributed by atoms with E-state index in [2.05, 4.69) is 27.7 Å². The van der Waals surface area contributed by atoms with Crippen LogP contribution in [0.5, 0.6) is 0 Å². The highest BCUT2D eigenvalue weighted by molar-refractivity contribution is 5.16. The van der Waals surface area contributed by atoms with Crippen molar-refractivity contribution in [2.24, 2.45) is 28.6 Å². The van der Waals surface area contributed by atoms with E-state index in [4.69, 9.17) is 0 Å². The Morgan fingerprint density at radius 1 is 1.00 bits per heavy atom. The fourth-order valence-electron chi connectivity index (χ4n) is 5.88. The Bertz CT molecular complexity index is 313. The summed E-state index contributed by atoms with van der Waals surface area (Å²) >= 11 is 0. The molecule has 4 unspecified atom stereocenters. The first-order chi connectivity index (χ1) is 7.31. The maximum absolute atomic E-state index is 10.6. The van der Waals surface area contributed by atoms with Crippen LogP contribution in [0.4, 0.5) is 0 Å². The molecule has 1 nitrogen and oxygen atoms in total. The largest absolute Gasteiger partial charge is 0.390 e.